The van der Waals surface area contributed by atoms with Crippen LogP contribution in [0.15, 0.2) is 53.1 Å². The van der Waals surface area contributed by atoms with Crippen molar-refractivity contribution in [1.29, 1.82) is 0 Å². The van der Waals surface area contributed by atoms with Crippen LogP contribution in [0.5, 0.6) is 0 Å². The summed E-state index contributed by atoms with van der Waals surface area (Å²) in [6.45, 7) is 1.90. The summed E-state index contributed by atoms with van der Waals surface area (Å²) >= 11 is 6.12. The van der Waals surface area contributed by atoms with Crippen molar-refractivity contribution in [1.82, 2.24) is 5.16 Å². The maximum absolute atomic E-state index is 12.3. The second-order valence-electron chi connectivity index (χ2n) is 7.20. The van der Waals surface area contributed by atoms with E-state index in [1.807, 2.05) is 42.5 Å². The number of aromatic nitrogens is 1. The third-order valence-electron chi connectivity index (χ3n) is 4.72. The van der Waals surface area contributed by atoms with Gasteiger partial charge in [0.25, 0.3) is 0 Å². The predicted molar refractivity (Wildman–Crippen MR) is 125 cm³/mol. The summed E-state index contributed by atoms with van der Waals surface area (Å²) in [6.07, 6.45) is 1.03. The van der Waals surface area contributed by atoms with E-state index < -0.39 is 12.1 Å². The molecule has 2 aromatic carbocycles. The number of halogens is 1. The Kier molecular flexibility index (Phi) is 8.50. The zero-order valence-corrected chi connectivity index (χ0v) is 18.8. The molecule has 3 rings (SSSR count). The van der Waals surface area contributed by atoms with Gasteiger partial charge in [-0.05, 0) is 49.2 Å². The molecule has 0 atom stereocenters. The van der Waals surface area contributed by atoms with Crippen molar-refractivity contribution < 1.29 is 24.0 Å². The van der Waals surface area contributed by atoms with Gasteiger partial charge in [-0.25, -0.2) is 4.79 Å². The van der Waals surface area contributed by atoms with Gasteiger partial charge in [0.2, 0.25) is 0 Å². The molecular formula is C25H23ClN2O5. The van der Waals surface area contributed by atoms with E-state index in [2.05, 4.69) is 22.3 Å². The lowest BCUT2D eigenvalue weighted by molar-refractivity contribution is -0.137. The lowest BCUT2D eigenvalue weighted by Gasteiger charge is -2.08. The normalized spacial score (nSPS) is 10.2. The molecule has 0 unspecified atom stereocenters. The number of rotatable bonds is 8. The molecule has 33 heavy (non-hydrogen) atoms. The summed E-state index contributed by atoms with van der Waals surface area (Å²) in [7, 11) is 0. The number of anilines is 1. The van der Waals surface area contributed by atoms with Crippen LogP contribution in [0.1, 0.15) is 36.1 Å². The molecule has 8 heteroatoms. The van der Waals surface area contributed by atoms with Crippen molar-refractivity contribution in [3.8, 4) is 23.2 Å². The number of carbonyl (C=O) groups excluding carboxylic acids is 1. The number of hydrogen-bond donors (Lipinski definition) is 2. The van der Waals surface area contributed by atoms with Gasteiger partial charge in [0.15, 0.2) is 5.76 Å². The van der Waals surface area contributed by atoms with Crippen LogP contribution in [0.2, 0.25) is 5.02 Å². The standard InChI is InChI=1S/C25H23ClN2O5/c1-17-23(27-25(31)32-16-15-19-8-5-6-9-21(19)26)24(33-28-17)20-13-11-18(12-14-20)7-3-2-4-10-22(29)30/h5-6,8-9,11-14H,2,4,10,15-16H2,1H3,(H,27,31)(H,29,30). The van der Waals surface area contributed by atoms with Crippen molar-refractivity contribution in [3.63, 3.8) is 0 Å². The van der Waals surface area contributed by atoms with Crippen LogP contribution in [0.3, 0.4) is 0 Å². The monoisotopic (exact) mass is 466 g/mol. The maximum Gasteiger partial charge on any atom is 0.411 e. The Morgan fingerprint density at radius 3 is 2.67 bits per heavy atom. The number of nitrogens with zero attached hydrogens (tertiary/aromatic N) is 1. The van der Waals surface area contributed by atoms with Crippen LogP contribution >= 0.6 is 11.6 Å². The third kappa shape index (κ3) is 7.13. The first kappa shape index (κ1) is 23.9. The molecule has 170 valence electrons. The number of ether oxygens (including phenoxy) is 1. The molecule has 1 aromatic heterocycles. The van der Waals surface area contributed by atoms with E-state index in [1.165, 1.54) is 0 Å². The summed E-state index contributed by atoms with van der Waals surface area (Å²) < 4.78 is 10.7. The van der Waals surface area contributed by atoms with Crippen molar-refractivity contribution in [2.24, 2.45) is 0 Å². The number of unbranched alkanes of at least 4 members (excludes halogenated alkanes) is 1. The molecule has 3 aromatic rings. The van der Waals surface area contributed by atoms with E-state index in [4.69, 9.17) is 26.0 Å². The molecule has 0 aliphatic rings. The average molecular weight is 467 g/mol. The molecule has 0 aliphatic carbocycles. The molecule has 0 saturated carbocycles. The summed E-state index contributed by atoms with van der Waals surface area (Å²) in [6, 6.07) is 14.7. The predicted octanol–water partition coefficient (Wildman–Crippen LogP) is 5.70. The van der Waals surface area contributed by atoms with Crippen molar-refractivity contribution in [3.05, 3.63) is 70.4 Å². The fraction of sp³-hybridized carbons (Fsp3) is 0.240. The average Bonchev–Trinajstić information content (AvgIpc) is 3.15. The van der Waals surface area contributed by atoms with Crippen molar-refractivity contribution >= 4 is 29.4 Å². The Morgan fingerprint density at radius 2 is 1.94 bits per heavy atom. The highest BCUT2D eigenvalue weighted by Gasteiger charge is 2.18. The molecule has 0 radical (unpaired) electrons. The first-order valence-corrected chi connectivity index (χ1v) is 10.8. The lowest BCUT2D eigenvalue weighted by atomic mass is 10.1. The van der Waals surface area contributed by atoms with E-state index in [1.54, 1.807) is 13.0 Å². The number of nitrogens with one attached hydrogen (secondary N) is 1. The van der Waals surface area contributed by atoms with Crippen LogP contribution in [0, 0.1) is 18.8 Å². The van der Waals surface area contributed by atoms with Gasteiger partial charge in [0, 0.05) is 35.4 Å². The van der Waals surface area contributed by atoms with Crippen LogP contribution < -0.4 is 5.32 Å². The number of carboxylic acids is 1. The topological polar surface area (TPSA) is 102 Å². The van der Waals surface area contributed by atoms with E-state index >= 15 is 0 Å². The smallest absolute Gasteiger partial charge is 0.411 e. The summed E-state index contributed by atoms with van der Waals surface area (Å²) in [5, 5.41) is 15.9. The van der Waals surface area contributed by atoms with Crippen LogP contribution in [0.4, 0.5) is 10.5 Å². The first-order valence-electron chi connectivity index (χ1n) is 10.4. The molecule has 0 fully saturated rings. The summed E-state index contributed by atoms with van der Waals surface area (Å²) in [5.41, 5.74) is 3.37. The van der Waals surface area contributed by atoms with Gasteiger partial charge in [0.1, 0.15) is 11.4 Å². The highest BCUT2D eigenvalue weighted by molar-refractivity contribution is 6.31. The molecule has 0 bridgehead atoms. The quantitative estimate of drug-likeness (QED) is 0.326. The number of benzene rings is 2. The Labute approximate surface area is 196 Å². The second-order valence-corrected chi connectivity index (χ2v) is 7.61. The fourth-order valence-corrected chi connectivity index (χ4v) is 3.23. The van der Waals surface area contributed by atoms with E-state index in [9.17, 15) is 9.59 Å². The number of carboxylic acid groups (broad SMARTS) is 1. The molecule has 1 amide bonds. The Hall–Kier alpha value is -3.76. The van der Waals surface area contributed by atoms with Gasteiger partial charge in [-0.3, -0.25) is 10.1 Å². The van der Waals surface area contributed by atoms with Gasteiger partial charge < -0.3 is 14.4 Å². The zero-order valence-electron chi connectivity index (χ0n) is 18.1. The minimum absolute atomic E-state index is 0.108. The first-order chi connectivity index (χ1) is 15.9. The minimum Gasteiger partial charge on any atom is -0.481 e. The molecule has 7 nitrogen and oxygen atoms in total. The second kappa shape index (κ2) is 11.7. The van der Waals surface area contributed by atoms with Crippen LogP contribution in [-0.4, -0.2) is 28.9 Å². The lowest BCUT2D eigenvalue weighted by Crippen LogP contribution is -2.16. The van der Waals surface area contributed by atoms with Gasteiger partial charge in [-0.1, -0.05) is 46.8 Å². The van der Waals surface area contributed by atoms with E-state index in [0.717, 1.165) is 16.7 Å². The fourth-order valence-electron chi connectivity index (χ4n) is 3.00. The van der Waals surface area contributed by atoms with Crippen molar-refractivity contribution in [2.45, 2.75) is 32.6 Å². The van der Waals surface area contributed by atoms with E-state index in [0.29, 0.717) is 41.4 Å². The Bertz CT molecular complexity index is 1180. The molecule has 2 N–H and O–H groups in total. The summed E-state index contributed by atoms with van der Waals surface area (Å²) in [4.78, 5) is 22.8. The summed E-state index contributed by atoms with van der Waals surface area (Å²) in [5.74, 6) is 5.55. The Morgan fingerprint density at radius 1 is 1.18 bits per heavy atom. The van der Waals surface area contributed by atoms with Gasteiger partial charge >= 0.3 is 12.1 Å². The van der Waals surface area contributed by atoms with Gasteiger partial charge in [-0.15, -0.1) is 0 Å². The number of hydrogen-bond acceptors (Lipinski definition) is 5. The number of carbonyl (C=O) groups is 2. The van der Waals surface area contributed by atoms with Crippen LogP contribution in [-0.2, 0) is 16.0 Å². The van der Waals surface area contributed by atoms with Crippen molar-refractivity contribution in [2.75, 3.05) is 11.9 Å². The number of amides is 1. The van der Waals surface area contributed by atoms with Crippen LogP contribution in [0.25, 0.3) is 11.3 Å². The maximum atomic E-state index is 12.3. The Balaban J connectivity index is 1.58. The minimum atomic E-state index is -0.822. The SMILES string of the molecule is Cc1noc(-c2ccc(C#CCCCC(=O)O)cc2)c1NC(=O)OCCc1ccccc1Cl. The molecule has 0 spiro atoms. The number of aryl methyl sites for hydroxylation is 1. The molecule has 0 aliphatic heterocycles. The largest absolute Gasteiger partial charge is 0.481 e. The zero-order chi connectivity index (χ0) is 23.6. The third-order valence-corrected chi connectivity index (χ3v) is 5.09. The molecule has 1 heterocycles. The highest BCUT2D eigenvalue weighted by Crippen LogP contribution is 2.31. The van der Waals surface area contributed by atoms with Gasteiger partial charge in [0.05, 0.1) is 6.61 Å². The molecule has 0 saturated heterocycles. The van der Waals surface area contributed by atoms with E-state index in [-0.39, 0.29) is 13.0 Å². The highest BCUT2D eigenvalue weighted by atomic mass is 35.5. The number of aliphatic carboxylic acids is 1. The van der Waals surface area contributed by atoms with Gasteiger partial charge in [-0.2, -0.15) is 0 Å². The molecular weight excluding hydrogens is 444 g/mol.